The second kappa shape index (κ2) is 6.55. The highest BCUT2D eigenvalue weighted by molar-refractivity contribution is 7.86. The van der Waals surface area contributed by atoms with Gasteiger partial charge in [-0.15, -0.1) is 0 Å². The first-order chi connectivity index (χ1) is 11.9. The van der Waals surface area contributed by atoms with Crippen LogP contribution in [-0.4, -0.2) is 46.2 Å². The van der Waals surface area contributed by atoms with Gasteiger partial charge in [0.1, 0.15) is 23.5 Å². The number of aromatic nitrogens is 4. The lowest BCUT2D eigenvalue weighted by molar-refractivity contribution is 0.183. The molecule has 25 heavy (non-hydrogen) atoms. The van der Waals surface area contributed by atoms with Crippen molar-refractivity contribution in [2.45, 2.75) is 13.3 Å². The first-order valence-corrected chi connectivity index (χ1v) is 9.25. The molecule has 2 aliphatic heterocycles. The third-order valence-corrected chi connectivity index (χ3v) is 3.66. The van der Waals surface area contributed by atoms with Crippen molar-refractivity contribution in [2.75, 3.05) is 12.9 Å². The zero-order chi connectivity index (χ0) is 18.0. The van der Waals surface area contributed by atoms with Crippen molar-refractivity contribution in [1.82, 2.24) is 19.7 Å². The van der Waals surface area contributed by atoms with Gasteiger partial charge >= 0.3 is 10.1 Å². The molecule has 1 aromatic carbocycles. The van der Waals surface area contributed by atoms with Gasteiger partial charge in [-0.2, -0.15) is 13.1 Å². The zero-order valence-corrected chi connectivity index (χ0v) is 14.4. The molecule has 0 atom stereocenters. The van der Waals surface area contributed by atoms with E-state index in [4.69, 9.17) is 8.92 Å². The Morgan fingerprint density at radius 3 is 2.76 bits per heavy atom. The van der Waals surface area contributed by atoms with Crippen molar-refractivity contribution in [3.63, 3.8) is 0 Å². The lowest BCUT2D eigenvalue weighted by Gasteiger charge is -2.11. The van der Waals surface area contributed by atoms with E-state index in [-0.39, 0.29) is 11.6 Å². The summed E-state index contributed by atoms with van der Waals surface area (Å²) in [6.45, 7) is 2.38. The lowest BCUT2D eigenvalue weighted by Crippen LogP contribution is -2.06. The molecule has 0 spiro atoms. The Bertz CT molecular complexity index is 970. The molecule has 2 aliphatic rings. The monoisotopic (exact) mass is 364 g/mol. The van der Waals surface area contributed by atoms with Crippen LogP contribution in [0.25, 0.3) is 22.9 Å². The van der Waals surface area contributed by atoms with Crippen molar-refractivity contribution in [1.29, 1.82) is 0 Å². The number of ether oxygens (including phenoxy) is 1. The Kier molecular flexibility index (Phi) is 4.45. The Hall–Kier alpha value is -2.88. The van der Waals surface area contributed by atoms with Gasteiger partial charge in [0.2, 0.25) is 0 Å². The number of fused-ring (bicyclic) bond motifs is 1. The topological polar surface area (TPSA) is 116 Å². The first kappa shape index (κ1) is 17.0. The predicted octanol–water partition coefficient (Wildman–Crippen LogP) is 1.81. The van der Waals surface area contributed by atoms with Crippen LogP contribution in [0.15, 0.2) is 30.7 Å². The molecule has 0 bridgehead atoms. The van der Waals surface area contributed by atoms with Crippen molar-refractivity contribution in [3.05, 3.63) is 30.7 Å². The van der Waals surface area contributed by atoms with Gasteiger partial charge in [-0.05, 0) is 18.6 Å². The normalized spacial score (nSPS) is 11.6. The number of hydrogen-bond acceptors (Lipinski definition) is 8. The fourth-order valence-electron chi connectivity index (χ4n) is 2.19. The Morgan fingerprint density at radius 2 is 2.08 bits per heavy atom. The van der Waals surface area contributed by atoms with E-state index in [0.717, 1.165) is 17.4 Å². The summed E-state index contributed by atoms with van der Waals surface area (Å²) in [7, 11) is -3.65. The van der Waals surface area contributed by atoms with Crippen LogP contribution in [0, 0.1) is 0 Å². The summed E-state index contributed by atoms with van der Waals surface area (Å²) in [5.74, 6) is 1.09. The molecule has 0 amide bonds. The highest BCUT2D eigenvalue weighted by Crippen LogP contribution is 2.34. The molecule has 0 saturated carbocycles. The van der Waals surface area contributed by atoms with E-state index in [1.807, 2.05) is 6.92 Å². The molecule has 1 N–H and O–H groups in total. The summed E-state index contributed by atoms with van der Waals surface area (Å²) < 4.78 is 34.0. The van der Waals surface area contributed by atoms with Crippen LogP contribution in [0.3, 0.4) is 0 Å². The van der Waals surface area contributed by atoms with Crippen LogP contribution in [0.1, 0.15) is 13.3 Å². The maximum Gasteiger partial charge on any atom is 0.306 e. The summed E-state index contributed by atoms with van der Waals surface area (Å²) in [5.41, 5.74) is 0.961. The zero-order valence-electron chi connectivity index (χ0n) is 13.6. The lowest BCUT2D eigenvalue weighted by atomic mass is 10.2. The predicted molar refractivity (Wildman–Crippen MR) is 88.3 cm³/mol. The largest absolute Gasteiger partial charge is 0.493 e. The smallest absolute Gasteiger partial charge is 0.306 e. The molecule has 1 aromatic rings. The second-order valence-electron chi connectivity index (χ2n) is 5.29. The van der Waals surface area contributed by atoms with E-state index in [1.54, 1.807) is 6.07 Å². The molecule has 0 saturated heterocycles. The van der Waals surface area contributed by atoms with E-state index in [2.05, 4.69) is 15.0 Å². The van der Waals surface area contributed by atoms with Crippen LogP contribution in [0.2, 0.25) is 0 Å². The molecular formula is C15H16N4O5S. The standard InChI is InChI=1S/C15H16N4O5S/c1-3-6-23-13-7-10(24-25(2,21)22)4-5-11(13)14-17-12-8-16-9-19(20)15(12)18-14/h4-5,7-9,20H,3,6H2,1-2H3. The van der Waals surface area contributed by atoms with Crippen LogP contribution in [-0.2, 0) is 10.1 Å². The molecule has 0 aliphatic carbocycles. The highest BCUT2D eigenvalue weighted by Gasteiger charge is 2.19. The summed E-state index contributed by atoms with van der Waals surface area (Å²) in [6, 6.07) is 4.56. The highest BCUT2D eigenvalue weighted by atomic mass is 32.2. The third-order valence-electron chi connectivity index (χ3n) is 3.16. The maximum absolute atomic E-state index is 11.3. The van der Waals surface area contributed by atoms with Crippen LogP contribution >= 0.6 is 0 Å². The number of benzene rings is 1. The molecule has 0 aromatic heterocycles. The van der Waals surface area contributed by atoms with Gasteiger partial charge in [-0.3, -0.25) is 0 Å². The number of nitrogens with zero attached hydrogens (tertiary/aromatic N) is 4. The fourth-order valence-corrected chi connectivity index (χ4v) is 2.64. The van der Waals surface area contributed by atoms with E-state index in [0.29, 0.717) is 29.4 Å². The van der Waals surface area contributed by atoms with Crippen LogP contribution in [0.4, 0.5) is 0 Å². The van der Waals surface area contributed by atoms with Gasteiger partial charge in [0.15, 0.2) is 11.6 Å². The Balaban J connectivity index is 2.07. The average Bonchev–Trinajstić information content (AvgIpc) is 2.97. The summed E-state index contributed by atoms with van der Waals surface area (Å²) in [6.07, 6.45) is 4.42. The second-order valence-corrected chi connectivity index (χ2v) is 6.86. The maximum atomic E-state index is 11.3. The Labute approximate surface area is 144 Å². The van der Waals surface area contributed by atoms with Gasteiger partial charge in [-0.1, -0.05) is 6.92 Å². The molecule has 9 nitrogen and oxygen atoms in total. The molecule has 0 radical (unpaired) electrons. The average molecular weight is 364 g/mol. The number of rotatable bonds is 6. The SMILES string of the molecule is CCCOc1cc(OS(C)(=O)=O)ccc1-c1nc2cncn(O)c-2n1. The fraction of sp³-hybridized carbons (Fsp3) is 0.267. The number of hydrogen-bond donors (Lipinski definition) is 1. The van der Waals surface area contributed by atoms with Crippen LogP contribution < -0.4 is 8.92 Å². The molecule has 3 rings (SSSR count). The number of imidazole rings is 1. The van der Waals surface area contributed by atoms with Crippen molar-refractivity contribution < 1.29 is 22.5 Å². The van der Waals surface area contributed by atoms with E-state index in [9.17, 15) is 13.6 Å². The molecule has 10 heteroatoms. The van der Waals surface area contributed by atoms with Crippen molar-refractivity contribution in [3.8, 4) is 34.4 Å². The van der Waals surface area contributed by atoms with Gasteiger partial charge < -0.3 is 14.1 Å². The van der Waals surface area contributed by atoms with E-state index < -0.39 is 10.1 Å². The Morgan fingerprint density at radius 1 is 1.28 bits per heavy atom. The molecule has 2 heterocycles. The van der Waals surface area contributed by atoms with E-state index >= 15 is 0 Å². The van der Waals surface area contributed by atoms with Crippen LogP contribution in [0.5, 0.6) is 11.5 Å². The van der Waals surface area contributed by atoms with Gasteiger partial charge in [0.25, 0.3) is 0 Å². The molecule has 0 fully saturated rings. The molecular weight excluding hydrogens is 348 g/mol. The van der Waals surface area contributed by atoms with Gasteiger partial charge in [-0.25, -0.2) is 15.0 Å². The molecule has 0 unspecified atom stereocenters. The summed E-state index contributed by atoms with van der Waals surface area (Å²) in [5, 5.41) is 9.75. The minimum Gasteiger partial charge on any atom is -0.493 e. The summed E-state index contributed by atoms with van der Waals surface area (Å²) in [4.78, 5) is 12.4. The van der Waals surface area contributed by atoms with E-state index in [1.165, 1.54) is 24.7 Å². The quantitative estimate of drug-likeness (QED) is 0.520. The minimum absolute atomic E-state index is 0.132. The first-order valence-electron chi connectivity index (χ1n) is 7.43. The minimum atomic E-state index is -3.65. The van der Waals surface area contributed by atoms with Crippen molar-refractivity contribution >= 4 is 10.1 Å². The third kappa shape index (κ3) is 3.79. The summed E-state index contributed by atoms with van der Waals surface area (Å²) >= 11 is 0. The van der Waals surface area contributed by atoms with Gasteiger partial charge in [0, 0.05) is 6.07 Å². The van der Waals surface area contributed by atoms with Gasteiger partial charge in [0.05, 0.1) is 24.6 Å². The van der Waals surface area contributed by atoms with Crippen molar-refractivity contribution in [2.24, 2.45) is 0 Å². The molecule has 132 valence electrons.